The number of nitrogens with one attached hydrogen (secondary N) is 2. The summed E-state index contributed by atoms with van der Waals surface area (Å²) >= 11 is 0. The summed E-state index contributed by atoms with van der Waals surface area (Å²) in [4.78, 5) is 24.7. The van der Waals surface area contributed by atoms with Crippen LogP contribution < -0.4 is 25.8 Å². The largest absolute Gasteiger partial charge is 0.497 e. The maximum Gasteiger partial charge on any atom is 0.280 e. The number of nitrogen functional groups attached to an aromatic ring is 1. The van der Waals surface area contributed by atoms with E-state index in [1.165, 1.54) is 14.2 Å². The van der Waals surface area contributed by atoms with Crippen molar-refractivity contribution < 1.29 is 19.1 Å². The molecule has 0 fully saturated rings. The molecule has 2 amide bonds. The van der Waals surface area contributed by atoms with E-state index < -0.39 is 11.8 Å². The van der Waals surface area contributed by atoms with Crippen molar-refractivity contribution in [3.63, 3.8) is 0 Å². The highest BCUT2D eigenvalue weighted by molar-refractivity contribution is 6.05. The van der Waals surface area contributed by atoms with Crippen LogP contribution in [0.15, 0.2) is 48.5 Å². The molecule has 3 rings (SSSR count). The van der Waals surface area contributed by atoms with Crippen LogP contribution in [0, 0.1) is 0 Å². The first-order valence-corrected chi connectivity index (χ1v) is 8.59. The maximum atomic E-state index is 12.4. The zero-order chi connectivity index (χ0) is 20.8. The van der Waals surface area contributed by atoms with Crippen LogP contribution in [0.2, 0.25) is 0 Å². The molecule has 0 bridgehead atoms. The van der Waals surface area contributed by atoms with Gasteiger partial charge in [-0.15, -0.1) is 5.10 Å². The number of carbonyl (C=O) groups excluding carboxylic acids is 2. The number of aromatic nitrogens is 3. The number of methoxy groups -OCH3 is 2. The quantitative estimate of drug-likeness (QED) is 0.554. The maximum absolute atomic E-state index is 12.4. The fourth-order valence-corrected chi connectivity index (χ4v) is 2.54. The zero-order valence-electron chi connectivity index (χ0n) is 15.9. The predicted molar refractivity (Wildman–Crippen MR) is 107 cm³/mol. The van der Waals surface area contributed by atoms with Crippen LogP contribution in [0.4, 0.5) is 17.2 Å². The van der Waals surface area contributed by atoms with E-state index in [2.05, 4.69) is 20.9 Å². The molecule has 4 N–H and O–H groups in total. The molecular formula is C19H20N6O4. The van der Waals surface area contributed by atoms with Gasteiger partial charge in [-0.1, -0.05) is 23.4 Å². The lowest BCUT2D eigenvalue weighted by molar-refractivity contribution is -0.116. The van der Waals surface area contributed by atoms with Crippen molar-refractivity contribution in [1.29, 1.82) is 0 Å². The topological polar surface area (TPSA) is 133 Å². The summed E-state index contributed by atoms with van der Waals surface area (Å²) < 4.78 is 11.5. The Morgan fingerprint density at radius 2 is 1.83 bits per heavy atom. The third kappa shape index (κ3) is 4.61. The van der Waals surface area contributed by atoms with Gasteiger partial charge in [-0.3, -0.25) is 9.59 Å². The molecule has 1 heterocycles. The average molecular weight is 396 g/mol. The van der Waals surface area contributed by atoms with Crippen molar-refractivity contribution in [2.45, 2.75) is 6.54 Å². The molecule has 29 heavy (non-hydrogen) atoms. The van der Waals surface area contributed by atoms with E-state index in [4.69, 9.17) is 15.2 Å². The van der Waals surface area contributed by atoms with Gasteiger partial charge in [-0.25, -0.2) is 4.68 Å². The first-order chi connectivity index (χ1) is 14.0. The molecule has 0 atom stereocenters. The fourth-order valence-electron chi connectivity index (χ4n) is 2.54. The van der Waals surface area contributed by atoms with Crippen molar-refractivity contribution >= 4 is 29.0 Å². The lowest BCUT2D eigenvalue weighted by Gasteiger charge is -2.11. The number of nitrogens with zero attached hydrogens (tertiary/aromatic N) is 3. The first kappa shape index (κ1) is 19.7. The van der Waals surface area contributed by atoms with Crippen LogP contribution in [0.1, 0.15) is 10.5 Å². The monoisotopic (exact) mass is 396 g/mol. The molecule has 1 aromatic heterocycles. The van der Waals surface area contributed by atoms with Gasteiger partial charge in [0.1, 0.15) is 18.0 Å². The lowest BCUT2D eigenvalue weighted by atomic mass is 10.2. The molecule has 10 nitrogen and oxygen atoms in total. The van der Waals surface area contributed by atoms with Crippen molar-refractivity contribution in [3.05, 3.63) is 54.2 Å². The number of hydrogen-bond acceptors (Lipinski definition) is 7. The Balaban J connectivity index is 1.68. The molecule has 0 unspecified atom stereocenters. The van der Waals surface area contributed by atoms with Crippen LogP contribution >= 0.6 is 0 Å². The van der Waals surface area contributed by atoms with Gasteiger partial charge in [0.05, 0.1) is 19.9 Å². The molecule has 3 aromatic rings. The lowest BCUT2D eigenvalue weighted by Crippen LogP contribution is -2.21. The van der Waals surface area contributed by atoms with E-state index in [1.54, 1.807) is 42.5 Å². The highest BCUT2D eigenvalue weighted by Crippen LogP contribution is 2.29. The molecule has 0 radical (unpaired) electrons. The Kier molecular flexibility index (Phi) is 5.93. The SMILES string of the molecule is COc1ccc(NC(=O)Cn2nnc(C(=O)Nc3ccccc3)c2N)c(OC)c1. The number of hydrogen-bond donors (Lipinski definition) is 3. The van der Waals surface area contributed by atoms with Gasteiger partial charge in [0.2, 0.25) is 5.91 Å². The Hall–Kier alpha value is -4.08. The van der Waals surface area contributed by atoms with E-state index in [-0.39, 0.29) is 18.1 Å². The van der Waals surface area contributed by atoms with Crippen LogP contribution in [0.25, 0.3) is 0 Å². The average Bonchev–Trinajstić information content (AvgIpc) is 3.09. The minimum atomic E-state index is -0.516. The summed E-state index contributed by atoms with van der Waals surface area (Å²) in [5.41, 5.74) is 6.93. The van der Waals surface area contributed by atoms with Gasteiger partial charge in [0, 0.05) is 11.8 Å². The van der Waals surface area contributed by atoms with Crippen molar-refractivity contribution in [2.24, 2.45) is 0 Å². The number of rotatable bonds is 7. The van der Waals surface area contributed by atoms with Gasteiger partial charge in [0.25, 0.3) is 5.91 Å². The van der Waals surface area contributed by atoms with E-state index in [0.29, 0.717) is 22.9 Å². The highest BCUT2D eigenvalue weighted by atomic mass is 16.5. The second-order valence-electron chi connectivity index (χ2n) is 5.92. The standard InChI is InChI=1S/C19H20N6O4/c1-28-13-8-9-14(15(10-13)29-2)22-16(26)11-25-18(20)17(23-24-25)19(27)21-12-6-4-3-5-7-12/h3-10H,11,20H2,1-2H3,(H,21,27)(H,22,26). The molecule has 150 valence electrons. The first-order valence-electron chi connectivity index (χ1n) is 8.59. The molecule has 2 aromatic carbocycles. The molecule has 0 aliphatic heterocycles. The molecule has 0 spiro atoms. The van der Waals surface area contributed by atoms with Crippen LogP contribution in [-0.2, 0) is 11.3 Å². The fraction of sp³-hybridized carbons (Fsp3) is 0.158. The van der Waals surface area contributed by atoms with Crippen LogP contribution in [-0.4, -0.2) is 41.0 Å². The van der Waals surface area contributed by atoms with Crippen LogP contribution in [0.3, 0.4) is 0 Å². The number of carbonyl (C=O) groups is 2. The summed E-state index contributed by atoms with van der Waals surface area (Å²) in [6.45, 7) is -0.230. The van der Waals surface area contributed by atoms with E-state index in [9.17, 15) is 9.59 Å². The van der Waals surface area contributed by atoms with Crippen molar-refractivity contribution in [2.75, 3.05) is 30.6 Å². The summed E-state index contributed by atoms with van der Waals surface area (Å²) in [6.07, 6.45) is 0. The second kappa shape index (κ2) is 8.74. The second-order valence-corrected chi connectivity index (χ2v) is 5.92. The smallest absolute Gasteiger partial charge is 0.280 e. The van der Waals surface area contributed by atoms with Gasteiger partial charge < -0.3 is 25.8 Å². The van der Waals surface area contributed by atoms with Gasteiger partial charge in [-0.05, 0) is 24.3 Å². The molecule has 0 aliphatic rings. The van der Waals surface area contributed by atoms with Gasteiger partial charge in [0.15, 0.2) is 11.5 Å². The predicted octanol–water partition coefficient (Wildman–Crippen LogP) is 1.77. The molecule has 0 saturated heterocycles. The van der Waals surface area contributed by atoms with E-state index in [1.807, 2.05) is 6.07 Å². The number of nitrogens with two attached hydrogens (primary N) is 1. The number of ether oxygens (including phenoxy) is 2. The van der Waals surface area contributed by atoms with E-state index in [0.717, 1.165) is 4.68 Å². The Labute approximate surface area is 166 Å². The molecule has 0 aliphatic carbocycles. The third-order valence-electron chi connectivity index (χ3n) is 4.00. The summed E-state index contributed by atoms with van der Waals surface area (Å²) in [7, 11) is 3.02. The number of benzene rings is 2. The summed E-state index contributed by atoms with van der Waals surface area (Å²) in [6, 6.07) is 13.8. The molecule has 10 heteroatoms. The highest BCUT2D eigenvalue weighted by Gasteiger charge is 2.19. The normalized spacial score (nSPS) is 10.3. The van der Waals surface area contributed by atoms with Crippen molar-refractivity contribution in [1.82, 2.24) is 15.0 Å². The Morgan fingerprint density at radius 1 is 1.07 bits per heavy atom. The molecule has 0 saturated carbocycles. The minimum absolute atomic E-state index is 0.0183. The van der Waals surface area contributed by atoms with Crippen molar-refractivity contribution in [3.8, 4) is 11.5 Å². The number of para-hydroxylation sites is 1. The number of amides is 2. The minimum Gasteiger partial charge on any atom is -0.497 e. The molecular weight excluding hydrogens is 376 g/mol. The van der Waals surface area contributed by atoms with Crippen LogP contribution in [0.5, 0.6) is 11.5 Å². The van der Waals surface area contributed by atoms with E-state index >= 15 is 0 Å². The summed E-state index contributed by atoms with van der Waals surface area (Å²) in [5.74, 6) is 0.0779. The Morgan fingerprint density at radius 3 is 2.52 bits per heavy atom. The van der Waals surface area contributed by atoms with Gasteiger partial charge in [-0.2, -0.15) is 0 Å². The third-order valence-corrected chi connectivity index (χ3v) is 4.00. The van der Waals surface area contributed by atoms with Gasteiger partial charge >= 0.3 is 0 Å². The zero-order valence-corrected chi connectivity index (χ0v) is 15.9. The number of anilines is 3. The summed E-state index contributed by atoms with van der Waals surface area (Å²) in [5, 5.41) is 13.0. The Bertz CT molecular complexity index is 1020.